The monoisotopic (exact) mass is 420 g/mol. The van der Waals surface area contributed by atoms with Crippen LogP contribution in [0.5, 0.6) is 0 Å². The number of halogens is 3. The van der Waals surface area contributed by atoms with E-state index >= 15 is 0 Å². The Balaban J connectivity index is 2.20. The van der Waals surface area contributed by atoms with Gasteiger partial charge in [0.05, 0.1) is 28.3 Å². The lowest BCUT2D eigenvalue weighted by Crippen LogP contribution is -2.56. The highest BCUT2D eigenvalue weighted by Crippen LogP contribution is 2.50. The summed E-state index contributed by atoms with van der Waals surface area (Å²) < 4.78 is 0. The van der Waals surface area contributed by atoms with E-state index in [0.29, 0.717) is 0 Å². The van der Waals surface area contributed by atoms with E-state index in [2.05, 4.69) is 10.6 Å². The van der Waals surface area contributed by atoms with Crippen LogP contribution < -0.4 is 10.6 Å². The standard InChI is InChI=1S/C15H11Cl3N2O6/c16-4-1-5(10(18)6(17)2-4)11-8-9(13(24)19-12(8)23)15(20-11,14(25)26)3-7(21)22/h1-2,8-9,11,20H,3H2,(H,21,22)(H,25,26)(H,19,23,24). The van der Waals surface area contributed by atoms with Crippen LogP contribution in [0.4, 0.5) is 0 Å². The Bertz CT molecular complexity index is 860. The number of hydrogen-bond donors (Lipinski definition) is 4. The zero-order valence-corrected chi connectivity index (χ0v) is 15.0. The lowest BCUT2D eigenvalue weighted by Gasteiger charge is -2.28. The van der Waals surface area contributed by atoms with E-state index in [1.165, 1.54) is 12.1 Å². The Morgan fingerprint density at radius 1 is 1.12 bits per heavy atom. The molecule has 4 atom stereocenters. The first kappa shape index (κ1) is 18.9. The molecule has 0 radical (unpaired) electrons. The summed E-state index contributed by atoms with van der Waals surface area (Å²) in [5.41, 5.74) is -1.98. The first-order chi connectivity index (χ1) is 12.1. The second kappa shape index (κ2) is 6.38. The van der Waals surface area contributed by atoms with Crippen molar-refractivity contribution in [1.29, 1.82) is 0 Å². The smallest absolute Gasteiger partial charge is 0.325 e. The maximum Gasteiger partial charge on any atom is 0.325 e. The fourth-order valence-corrected chi connectivity index (χ4v) is 4.41. The minimum absolute atomic E-state index is 0.0241. The van der Waals surface area contributed by atoms with Gasteiger partial charge in [0.15, 0.2) is 0 Å². The van der Waals surface area contributed by atoms with Gasteiger partial charge in [0.2, 0.25) is 11.8 Å². The van der Waals surface area contributed by atoms with Crippen LogP contribution >= 0.6 is 34.8 Å². The maximum absolute atomic E-state index is 12.3. The van der Waals surface area contributed by atoms with Gasteiger partial charge in [-0.1, -0.05) is 34.8 Å². The number of hydrogen-bond acceptors (Lipinski definition) is 5. The molecule has 4 N–H and O–H groups in total. The first-order valence-electron chi connectivity index (χ1n) is 7.30. The van der Waals surface area contributed by atoms with Gasteiger partial charge < -0.3 is 10.2 Å². The van der Waals surface area contributed by atoms with Crippen molar-refractivity contribution in [2.24, 2.45) is 11.8 Å². The molecule has 26 heavy (non-hydrogen) atoms. The number of carbonyl (C=O) groups is 4. The lowest BCUT2D eigenvalue weighted by atomic mass is 9.77. The summed E-state index contributed by atoms with van der Waals surface area (Å²) in [4.78, 5) is 47.8. The first-order valence-corrected chi connectivity index (χ1v) is 8.44. The number of aliphatic carboxylic acids is 2. The second-order valence-electron chi connectivity index (χ2n) is 6.12. The van der Waals surface area contributed by atoms with Crippen LogP contribution in [0, 0.1) is 11.8 Å². The summed E-state index contributed by atoms with van der Waals surface area (Å²) in [6, 6.07) is 1.69. The topological polar surface area (TPSA) is 133 Å². The molecule has 3 rings (SSSR count). The molecule has 8 nitrogen and oxygen atoms in total. The number of imide groups is 1. The fourth-order valence-electron chi connectivity index (χ4n) is 3.67. The van der Waals surface area contributed by atoms with E-state index < -0.39 is 53.6 Å². The van der Waals surface area contributed by atoms with Crippen molar-refractivity contribution < 1.29 is 29.4 Å². The van der Waals surface area contributed by atoms with E-state index in [0.717, 1.165) is 0 Å². The number of carboxylic acid groups (broad SMARTS) is 2. The number of carbonyl (C=O) groups excluding carboxylic acids is 2. The van der Waals surface area contributed by atoms with Crippen molar-refractivity contribution >= 4 is 58.6 Å². The van der Waals surface area contributed by atoms with Crippen LogP contribution in [-0.4, -0.2) is 39.5 Å². The Labute approximate surface area is 161 Å². The number of nitrogens with one attached hydrogen (secondary N) is 2. The van der Waals surface area contributed by atoms with Gasteiger partial charge in [-0.25, -0.2) is 0 Å². The molecule has 0 saturated carbocycles. The van der Waals surface area contributed by atoms with E-state index in [1.54, 1.807) is 0 Å². The minimum Gasteiger partial charge on any atom is -0.481 e. The normalized spacial score (nSPS) is 30.2. The lowest BCUT2D eigenvalue weighted by molar-refractivity contribution is -0.154. The molecule has 2 fully saturated rings. The fraction of sp³-hybridized carbons (Fsp3) is 0.333. The van der Waals surface area contributed by atoms with Crippen LogP contribution in [0.2, 0.25) is 15.1 Å². The summed E-state index contributed by atoms with van der Waals surface area (Å²) in [5.74, 6) is -7.19. The molecule has 2 aliphatic rings. The molecule has 2 heterocycles. The highest BCUT2D eigenvalue weighted by molar-refractivity contribution is 6.43. The third kappa shape index (κ3) is 2.73. The number of amides is 2. The molecular weight excluding hydrogens is 411 g/mol. The SMILES string of the molecule is O=C(O)CC1(C(=O)O)NC(c2cc(Cl)cc(Cl)c2Cl)C2C(=O)NC(=O)C21. The second-order valence-corrected chi connectivity index (χ2v) is 7.34. The largest absolute Gasteiger partial charge is 0.481 e. The van der Waals surface area contributed by atoms with Gasteiger partial charge in [-0.3, -0.25) is 29.8 Å². The van der Waals surface area contributed by atoms with Crippen molar-refractivity contribution in [2.45, 2.75) is 18.0 Å². The summed E-state index contributed by atoms with van der Waals surface area (Å²) in [6.07, 6.45) is -0.910. The number of benzene rings is 1. The highest BCUT2D eigenvalue weighted by Gasteiger charge is 2.67. The summed E-state index contributed by atoms with van der Waals surface area (Å²) >= 11 is 18.2. The molecule has 1 aromatic carbocycles. The maximum atomic E-state index is 12.3. The van der Waals surface area contributed by atoms with Gasteiger partial charge in [0, 0.05) is 11.1 Å². The summed E-state index contributed by atoms with van der Waals surface area (Å²) in [6.45, 7) is 0. The molecule has 11 heteroatoms. The Morgan fingerprint density at radius 2 is 1.77 bits per heavy atom. The number of rotatable bonds is 4. The number of carboxylic acids is 2. The van der Waals surface area contributed by atoms with Gasteiger partial charge in [-0.05, 0) is 17.7 Å². The van der Waals surface area contributed by atoms with E-state index in [4.69, 9.17) is 34.8 Å². The quantitative estimate of drug-likeness (QED) is 0.427. The highest BCUT2D eigenvalue weighted by atomic mass is 35.5. The Kier molecular flexibility index (Phi) is 4.64. The van der Waals surface area contributed by atoms with Gasteiger partial charge in [0.1, 0.15) is 5.54 Å². The van der Waals surface area contributed by atoms with Gasteiger partial charge in [0.25, 0.3) is 0 Å². The van der Waals surface area contributed by atoms with Crippen molar-refractivity contribution in [2.75, 3.05) is 0 Å². The third-order valence-electron chi connectivity index (χ3n) is 4.66. The van der Waals surface area contributed by atoms with Crippen molar-refractivity contribution in [3.05, 3.63) is 32.8 Å². The molecule has 0 aliphatic carbocycles. The molecule has 2 amide bonds. The molecule has 2 saturated heterocycles. The van der Waals surface area contributed by atoms with Crippen molar-refractivity contribution in [1.82, 2.24) is 10.6 Å². The molecular formula is C15H11Cl3N2O6. The Hall–Kier alpha value is -1.87. The summed E-state index contributed by atoms with van der Waals surface area (Å²) in [5, 5.41) is 23.9. The van der Waals surface area contributed by atoms with Crippen LogP contribution in [0.25, 0.3) is 0 Å². The molecule has 0 spiro atoms. The van der Waals surface area contributed by atoms with Crippen LogP contribution in [0.1, 0.15) is 18.0 Å². The average Bonchev–Trinajstić information content (AvgIpc) is 3.00. The van der Waals surface area contributed by atoms with E-state index in [1.807, 2.05) is 0 Å². The predicted octanol–water partition coefficient (Wildman–Crippen LogP) is 1.48. The molecule has 138 valence electrons. The van der Waals surface area contributed by atoms with E-state index in [9.17, 15) is 29.4 Å². The van der Waals surface area contributed by atoms with Crippen molar-refractivity contribution in [3.8, 4) is 0 Å². The predicted molar refractivity (Wildman–Crippen MR) is 90.1 cm³/mol. The Morgan fingerprint density at radius 3 is 2.35 bits per heavy atom. The molecule has 2 aliphatic heterocycles. The zero-order valence-electron chi connectivity index (χ0n) is 12.8. The average molecular weight is 422 g/mol. The van der Waals surface area contributed by atoms with E-state index in [-0.39, 0.29) is 20.6 Å². The third-order valence-corrected chi connectivity index (χ3v) is 5.70. The molecule has 1 aromatic rings. The molecule has 0 aromatic heterocycles. The van der Waals surface area contributed by atoms with Crippen LogP contribution in [-0.2, 0) is 19.2 Å². The molecule has 4 unspecified atom stereocenters. The molecule has 0 bridgehead atoms. The summed E-state index contributed by atoms with van der Waals surface area (Å²) in [7, 11) is 0. The van der Waals surface area contributed by atoms with Crippen molar-refractivity contribution in [3.63, 3.8) is 0 Å². The van der Waals surface area contributed by atoms with Gasteiger partial charge in [-0.15, -0.1) is 0 Å². The zero-order chi connectivity index (χ0) is 19.4. The van der Waals surface area contributed by atoms with Gasteiger partial charge in [-0.2, -0.15) is 0 Å². The van der Waals surface area contributed by atoms with Crippen LogP contribution in [0.15, 0.2) is 12.1 Å². The van der Waals surface area contributed by atoms with Crippen LogP contribution in [0.3, 0.4) is 0 Å². The number of fused-ring (bicyclic) bond motifs is 1. The van der Waals surface area contributed by atoms with Gasteiger partial charge >= 0.3 is 11.9 Å². The minimum atomic E-state index is -2.18.